The summed E-state index contributed by atoms with van der Waals surface area (Å²) >= 11 is 0. The van der Waals surface area contributed by atoms with Gasteiger partial charge in [0.25, 0.3) is 5.91 Å². The third-order valence-electron chi connectivity index (χ3n) is 6.13. The average molecular weight is 484 g/mol. The molecule has 186 valence electrons. The van der Waals surface area contributed by atoms with Crippen molar-refractivity contribution >= 4 is 23.6 Å². The molecule has 3 aromatic carbocycles. The van der Waals surface area contributed by atoms with E-state index >= 15 is 0 Å². The van der Waals surface area contributed by atoms with Crippen LogP contribution in [0, 0.1) is 0 Å². The molecule has 1 N–H and O–H groups in total. The van der Waals surface area contributed by atoms with Crippen LogP contribution in [0.2, 0.25) is 0 Å². The predicted molar refractivity (Wildman–Crippen MR) is 144 cm³/mol. The van der Waals surface area contributed by atoms with Crippen molar-refractivity contribution < 1.29 is 14.3 Å². The third-order valence-corrected chi connectivity index (χ3v) is 6.13. The molecule has 1 aliphatic rings. The highest BCUT2D eigenvalue weighted by atomic mass is 16.5. The summed E-state index contributed by atoms with van der Waals surface area (Å²) < 4.78 is 5.36. The van der Waals surface area contributed by atoms with E-state index in [0.29, 0.717) is 19.5 Å². The summed E-state index contributed by atoms with van der Waals surface area (Å²) in [4.78, 5) is 29.7. The van der Waals surface area contributed by atoms with Gasteiger partial charge < -0.3 is 15.0 Å². The van der Waals surface area contributed by atoms with E-state index in [1.54, 1.807) is 11.0 Å². The Hall–Kier alpha value is -3.74. The smallest absolute Gasteiger partial charge is 0.251 e. The number of nitrogens with one attached hydrogen (secondary N) is 1. The fourth-order valence-electron chi connectivity index (χ4n) is 4.10. The molecule has 0 atom stereocenters. The molecule has 1 saturated heterocycles. The first-order valence-electron chi connectivity index (χ1n) is 12.4. The lowest BCUT2D eigenvalue weighted by atomic mass is 10.1. The number of morpholine rings is 1. The summed E-state index contributed by atoms with van der Waals surface area (Å²) in [6, 6.07) is 27.4. The lowest BCUT2D eigenvalue weighted by Gasteiger charge is -2.26. The number of hydrogen-bond acceptors (Lipinski definition) is 4. The minimum absolute atomic E-state index is 0.000906. The van der Waals surface area contributed by atoms with Crippen molar-refractivity contribution in [2.24, 2.45) is 0 Å². The van der Waals surface area contributed by atoms with Gasteiger partial charge >= 0.3 is 0 Å². The van der Waals surface area contributed by atoms with Gasteiger partial charge in [-0.15, -0.1) is 0 Å². The molecule has 1 aliphatic heterocycles. The molecule has 0 spiro atoms. The van der Waals surface area contributed by atoms with Crippen LogP contribution in [-0.2, 0) is 27.3 Å². The maximum absolute atomic E-state index is 13.2. The van der Waals surface area contributed by atoms with Gasteiger partial charge in [-0.3, -0.25) is 14.5 Å². The molecule has 0 aromatic heterocycles. The van der Waals surface area contributed by atoms with E-state index in [1.807, 2.05) is 91.0 Å². The van der Waals surface area contributed by atoms with Crippen molar-refractivity contribution in [3.8, 4) is 0 Å². The van der Waals surface area contributed by atoms with Crippen LogP contribution in [0.4, 0.5) is 5.69 Å². The molecular formula is C30H33N3O3. The highest BCUT2D eigenvalue weighted by Crippen LogP contribution is 2.20. The summed E-state index contributed by atoms with van der Waals surface area (Å²) in [5.74, 6) is -0.102. The van der Waals surface area contributed by atoms with E-state index in [2.05, 4.69) is 10.2 Å². The summed E-state index contributed by atoms with van der Waals surface area (Å²) in [6.07, 6.45) is 3.74. The minimum atomic E-state index is -0.101. The lowest BCUT2D eigenvalue weighted by Crippen LogP contribution is -2.41. The standard InChI is InChI=1S/C30H33N3O3/c34-29(31-17-18-32-19-21-36-22-20-32)23-26-11-14-28(15-12-26)33(24-27-9-5-2-6-10-27)30(35)16-13-25-7-3-1-4-8-25/h1-16H,17-24H2,(H,31,34)/b16-13+. The fraction of sp³-hybridized carbons (Fsp3) is 0.267. The van der Waals surface area contributed by atoms with E-state index in [1.165, 1.54) is 0 Å². The van der Waals surface area contributed by atoms with E-state index in [0.717, 1.165) is 55.2 Å². The monoisotopic (exact) mass is 483 g/mol. The molecule has 4 rings (SSSR count). The number of ether oxygens (including phenoxy) is 1. The second kappa shape index (κ2) is 13.4. The molecule has 6 heteroatoms. The summed E-state index contributed by atoms with van der Waals surface area (Å²) in [5, 5.41) is 3.00. The Labute approximate surface area is 213 Å². The van der Waals surface area contributed by atoms with E-state index < -0.39 is 0 Å². The van der Waals surface area contributed by atoms with Crippen LogP contribution in [0.15, 0.2) is 91.0 Å². The van der Waals surface area contributed by atoms with Crippen LogP contribution in [0.25, 0.3) is 6.08 Å². The first-order chi connectivity index (χ1) is 17.7. The van der Waals surface area contributed by atoms with Crippen molar-refractivity contribution in [1.82, 2.24) is 10.2 Å². The van der Waals surface area contributed by atoms with Crippen LogP contribution in [0.1, 0.15) is 16.7 Å². The molecule has 0 unspecified atom stereocenters. The maximum Gasteiger partial charge on any atom is 0.251 e. The van der Waals surface area contributed by atoms with Crippen molar-refractivity contribution in [1.29, 1.82) is 0 Å². The summed E-state index contributed by atoms with van der Waals surface area (Å²) in [6.45, 7) is 5.26. The average Bonchev–Trinajstić information content (AvgIpc) is 2.93. The Morgan fingerprint density at radius 2 is 1.53 bits per heavy atom. The largest absolute Gasteiger partial charge is 0.379 e. The van der Waals surface area contributed by atoms with Crippen molar-refractivity contribution in [2.75, 3.05) is 44.3 Å². The SMILES string of the molecule is O=C(Cc1ccc(N(Cc2ccccc2)C(=O)/C=C/c2ccccc2)cc1)NCCN1CCOCC1. The molecule has 3 aromatic rings. The third kappa shape index (κ3) is 7.90. The summed E-state index contributed by atoms with van der Waals surface area (Å²) in [7, 11) is 0. The summed E-state index contributed by atoms with van der Waals surface area (Å²) in [5.41, 5.74) is 3.72. The van der Waals surface area contributed by atoms with Gasteiger partial charge in [0.2, 0.25) is 5.91 Å². The molecule has 2 amide bonds. The minimum Gasteiger partial charge on any atom is -0.379 e. The maximum atomic E-state index is 13.2. The zero-order chi connectivity index (χ0) is 25.0. The molecule has 0 radical (unpaired) electrons. The normalized spacial score (nSPS) is 14.0. The number of nitrogens with zero attached hydrogens (tertiary/aromatic N) is 2. The number of hydrogen-bond donors (Lipinski definition) is 1. The highest BCUT2D eigenvalue weighted by Gasteiger charge is 2.15. The molecule has 36 heavy (non-hydrogen) atoms. The first-order valence-corrected chi connectivity index (χ1v) is 12.4. The molecule has 1 fully saturated rings. The van der Waals surface area contributed by atoms with E-state index in [9.17, 15) is 9.59 Å². The van der Waals surface area contributed by atoms with Gasteiger partial charge in [0, 0.05) is 37.9 Å². The van der Waals surface area contributed by atoms with Gasteiger partial charge in [0.05, 0.1) is 26.2 Å². The van der Waals surface area contributed by atoms with E-state index in [4.69, 9.17) is 4.74 Å². The highest BCUT2D eigenvalue weighted by molar-refractivity contribution is 6.03. The Morgan fingerprint density at radius 1 is 0.861 bits per heavy atom. The van der Waals surface area contributed by atoms with Crippen LogP contribution in [0.3, 0.4) is 0 Å². The van der Waals surface area contributed by atoms with Crippen LogP contribution >= 0.6 is 0 Å². The molecule has 0 aliphatic carbocycles. The molecule has 0 bridgehead atoms. The van der Waals surface area contributed by atoms with Gasteiger partial charge in [-0.05, 0) is 34.9 Å². The topological polar surface area (TPSA) is 61.9 Å². The zero-order valence-electron chi connectivity index (χ0n) is 20.5. The van der Waals surface area contributed by atoms with Crippen LogP contribution < -0.4 is 10.2 Å². The van der Waals surface area contributed by atoms with Gasteiger partial charge in [-0.25, -0.2) is 0 Å². The number of benzene rings is 3. The zero-order valence-corrected chi connectivity index (χ0v) is 20.5. The van der Waals surface area contributed by atoms with Crippen molar-refractivity contribution in [2.45, 2.75) is 13.0 Å². The van der Waals surface area contributed by atoms with Gasteiger partial charge in [0.1, 0.15) is 0 Å². The number of carbonyl (C=O) groups excluding carboxylic acids is 2. The Morgan fingerprint density at radius 3 is 2.22 bits per heavy atom. The first kappa shape index (κ1) is 25.4. The van der Waals surface area contributed by atoms with Crippen LogP contribution in [-0.4, -0.2) is 56.1 Å². The molecule has 0 saturated carbocycles. The Kier molecular flexibility index (Phi) is 9.42. The molecule has 1 heterocycles. The van der Waals surface area contributed by atoms with Gasteiger partial charge in [0.15, 0.2) is 0 Å². The lowest BCUT2D eigenvalue weighted by molar-refractivity contribution is -0.120. The molecular weight excluding hydrogens is 450 g/mol. The Bertz CT molecular complexity index is 1130. The number of anilines is 1. The Balaban J connectivity index is 1.38. The van der Waals surface area contributed by atoms with Crippen molar-refractivity contribution in [3.63, 3.8) is 0 Å². The fourth-order valence-corrected chi connectivity index (χ4v) is 4.10. The number of amides is 2. The quantitative estimate of drug-likeness (QED) is 0.444. The van der Waals surface area contributed by atoms with Crippen LogP contribution in [0.5, 0.6) is 0 Å². The predicted octanol–water partition coefficient (Wildman–Crippen LogP) is 3.92. The molecule has 6 nitrogen and oxygen atoms in total. The van der Waals surface area contributed by atoms with Gasteiger partial charge in [-0.2, -0.15) is 0 Å². The number of rotatable bonds is 10. The van der Waals surface area contributed by atoms with Gasteiger partial charge in [-0.1, -0.05) is 72.8 Å². The second-order valence-electron chi connectivity index (χ2n) is 8.80. The van der Waals surface area contributed by atoms with E-state index in [-0.39, 0.29) is 11.8 Å². The second-order valence-corrected chi connectivity index (χ2v) is 8.80. The number of carbonyl (C=O) groups is 2. The van der Waals surface area contributed by atoms with Crippen molar-refractivity contribution in [3.05, 3.63) is 108 Å².